The maximum atomic E-state index is 14.1. The van der Waals surface area contributed by atoms with E-state index in [1.807, 2.05) is 30.3 Å². The molecule has 2 aliphatic rings. The van der Waals surface area contributed by atoms with Gasteiger partial charge in [-0.25, -0.2) is 9.07 Å². The maximum absolute atomic E-state index is 14.1. The summed E-state index contributed by atoms with van der Waals surface area (Å²) in [6, 6.07) is 14.2. The fourth-order valence-electron chi connectivity index (χ4n) is 4.68. The van der Waals surface area contributed by atoms with Gasteiger partial charge in [0.1, 0.15) is 17.6 Å². The second-order valence-electron chi connectivity index (χ2n) is 9.82. The molecule has 1 aliphatic heterocycles. The van der Waals surface area contributed by atoms with Crippen molar-refractivity contribution in [1.82, 2.24) is 14.8 Å². The highest BCUT2D eigenvalue weighted by atomic mass is 32.2. The first-order chi connectivity index (χ1) is 16.8. The first kappa shape index (κ1) is 23.6. The van der Waals surface area contributed by atoms with Crippen LogP contribution in [0.4, 0.5) is 10.3 Å². The van der Waals surface area contributed by atoms with Gasteiger partial charge in [0.25, 0.3) is 0 Å². The van der Waals surface area contributed by atoms with E-state index in [0.717, 1.165) is 35.4 Å². The van der Waals surface area contributed by atoms with Gasteiger partial charge in [-0.2, -0.15) is 4.98 Å². The minimum absolute atomic E-state index is 0.127. The lowest BCUT2D eigenvalue weighted by molar-refractivity contribution is -0.118. The van der Waals surface area contributed by atoms with Gasteiger partial charge in [0, 0.05) is 23.4 Å². The summed E-state index contributed by atoms with van der Waals surface area (Å²) in [5, 5.41) is 8.68. The Morgan fingerprint density at radius 1 is 1.17 bits per heavy atom. The average Bonchev–Trinajstić information content (AvgIpc) is 3.23. The Balaban J connectivity index is 1.50. The second-order valence-corrected chi connectivity index (χ2v) is 10.8. The van der Waals surface area contributed by atoms with Crippen molar-refractivity contribution in [2.45, 2.75) is 57.0 Å². The Morgan fingerprint density at radius 3 is 2.69 bits per heavy atom. The first-order valence-corrected chi connectivity index (χ1v) is 12.9. The van der Waals surface area contributed by atoms with Crippen molar-refractivity contribution in [3.05, 3.63) is 76.7 Å². The van der Waals surface area contributed by atoms with Gasteiger partial charge in [-0.05, 0) is 47.6 Å². The normalized spacial score (nSPS) is 18.6. The van der Waals surface area contributed by atoms with Gasteiger partial charge < -0.3 is 10.1 Å². The van der Waals surface area contributed by atoms with Crippen LogP contribution in [0, 0.1) is 11.2 Å². The number of ketones is 1. The number of Topliss-reactive ketones (excluding diaryl/α,β-unsaturated/α-hetero) is 1. The number of fused-ring (bicyclic) bond motifs is 1. The highest BCUT2D eigenvalue weighted by molar-refractivity contribution is 7.98. The summed E-state index contributed by atoms with van der Waals surface area (Å²) >= 11 is 1.38. The number of anilines is 1. The van der Waals surface area contributed by atoms with Gasteiger partial charge in [0.15, 0.2) is 5.78 Å². The molecule has 5 rings (SSSR count). The number of hydrogen-bond donors (Lipinski definition) is 1. The Bertz CT molecular complexity index is 1280. The second kappa shape index (κ2) is 9.49. The molecule has 0 bridgehead atoms. The van der Waals surface area contributed by atoms with Crippen LogP contribution in [0.2, 0.25) is 0 Å². The summed E-state index contributed by atoms with van der Waals surface area (Å²) in [5.74, 6) is 1.71. The van der Waals surface area contributed by atoms with E-state index in [4.69, 9.17) is 14.8 Å². The molecule has 6 nitrogen and oxygen atoms in total. The molecular weight excluding hydrogens is 463 g/mol. The molecule has 0 fully saturated rings. The molecule has 0 amide bonds. The van der Waals surface area contributed by atoms with Crippen LogP contribution >= 0.6 is 11.8 Å². The van der Waals surface area contributed by atoms with Gasteiger partial charge in [0.2, 0.25) is 11.1 Å². The molecule has 3 aromatic rings. The summed E-state index contributed by atoms with van der Waals surface area (Å²) in [6.07, 6.45) is 2.18. The smallest absolute Gasteiger partial charge is 0.227 e. The fourth-order valence-corrected chi connectivity index (χ4v) is 5.50. The standard InChI is InChI=1S/C27H29FN4O2S/c1-4-13-34-19-11-9-17(10-12-19)24-23-21(14-27(2,3)15-22(23)33)29-25-30-26(31-32(24)25)35-16-18-7-5-6-8-20(18)28/h5-12,24H,4,13-16H2,1-3H3,(H,29,30,31). The van der Waals surface area contributed by atoms with E-state index in [0.29, 0.717) is 35.4 Å². The Kier molecular flexibility index (Phi) is 6.40. The largest absolute Gasteiger partial charge is 0.494 e. The maximum Gasteiger partial charge on any atom is 0.227 e. The van der Waals surface area contributed by atoms with E-state index in [9.17, 15) is 9.18 Å². The third-order valence-electron chi connectivity index (χ3n) is 6.30. The third-order valence-corrected chi connectivity index (χ3v) is 7.18. The van der Waals surface area contributed by atoms with Crippen LogP contribution in [0.15, 0.2) is 65.0 Å². The number of nitrogens with one attached hydrogen (secondary N) is 1. The number of hydrogen-bond acceptors (Lipinski definition) is 6. The number of benzene rings is 2. The summed E-state index contributed by atoms with van der Waals surface area (Å²) in [6.45, 7) is 6.95. The van der Waals surface area contributed by atoms with Crippen molar-refractivity contribution in [3.8, 4) is 5.75 Å². The minimum atomic E-state index is -0.375. The van der Waals surface area contributed by atoms with E-state index in [1.165, 1.54) is 17.8 Å². The molecule has 2 heterocycles. The average molecular weight is 493 g/mol. The molecular formula is C27H29FN4O2S. The number of allylic oxidation sites excluding steroid dienone is 2. The SMILES string of the molecule is CCCOc1ccc(C2C3=C(CC(C)(C)CC3=O)Nc3nc(SCc4ccccc4F)nn32)cc1. The van der Waals surface area contributed by atoms with Crippen molar-refractivity contribution in [2.75, 3.05) is 11.9 Å². The highest BCUT2D eigenvalue weighted by Gasteiger charge is 2.41. The molecule has 35 heavy (non-hydrogen) atoms. The molecule has 1 N–H and O–H groups in total. The van der Waals surface area contributed by atoms with Crippen molar-refractivity contribution < 1.29 is 13.9 Å². The van der Waals surface area contributed by atoms with Crippen molar-refractivity contribution in [1.29, 1.82) is 0 Å². The van der Waals surface area contributed by atoms with Crippen molar-refractivity contribution >= 4 is 23.5 Å². The fraction of sp³-hybridized carbons (Fsp3) is 0.370. The van der Waals surface area contributed by atoms with E-state index < -0.39 is 0 Å². The molecule has 182 valence electrons. The number of aromatic nitrogens is 3. The van der Waals surface area contributed by atoms with E-state index in [1.54, 1.807) is 16.8 Å². The molecule has 0 spiro atoms. The number of rotatable bonds is 7. The predicted octanol–water partition coefficient (Wildman–Crippen LogP) is 6.16. The predicted molar refractivity (Wildman–Crippen MR) is 135 cm³/mol. The lowest BCUT2D eigenvalue weighted by Gasteiger charge is -2.38. The Morgan fingerprint density at radius 2 is 1.94 bits per heavy atom. The van der Waals surface area contributed by atoms with Crippen LogP contribution in [0.3, 0.4) is 0 Å². The minimum Gasteiger partial charge on any atom is -0.494 e. The Hall–Kier alpha value is -3.13. The molecule has 8 heteroatoms. The number of carbonyl (C=O) groups excluding carboxylic acids is 1. The lowest BCUT2D eigenvalue weighted by Crippen LogP contribution is -2.36. The summed E-state index contributed by atoms with van der Waals surface area (Å²) in [4.78, 5) is 18.1. The molecule has 0 saturated heterocycles. The van der Waals surface area contributed by atoms with Gasteiger partial charge in [-0.3, -0.25) is 4.79 Å². The summed E-state index contributed by atoms with van der Waals surface area (Å²) in [5.41, 5.74) is 3.08. The van der Waals surface area contributed by atoms with Gasteiger partial charge >= 0.3 is 0 Å². The number of halogens is 1. The Labute approximate surface area is 209 Å². The molecule has 1 aromatic heterocycles. The molecule has 1 aliphatic carbocycles. The van der Waals surface area contributed by atoms with Crippen molar-refractivity contribution in [3.63, 3.8) is 0 Å². The number of carbonyl (C=O) groups is 1. The van der Waals surface area contributed by atoms with Gasteiger partial charge in [-0.15, -0.1) is 5.10 Å². The van der Waals surface area contributed by atoms with E-state index in [2.05, 4.69) is 26.1 Å². The first-order valence-electron chi connectivity index (χ1n) is 11.9. The summed E-state index contributed by atoms with van der Waals surface area (Å²) < 4.78 is 21.6. The topological polar surface area (TPSA) is 69.0 Å². The zero-order valence-electron chi connectivity index (χ0n) is 20.2. The molecule has 2 aromatic carbocycles. The van der Waals surface area contributed by atoms with E-state index in [-0.39, 0.29) is 23.1 Å². The van der Waals surface area contributed by atoms with Crippen LogP contribution in [0.1, 0.15) is 57.2 Å². The molecule has 0 radical (unpaired) electrons. The van der Waals surface area contributed by atoms with Crippen molar-refractivity contribution in [2.24, 2.45) is 5.41 Å². The number of nitrogens with zero attached hydrogens (tertiary/aromatic N) is 3. The summed E-state index contributed by atoms with van der Waals surface area (Å²) in [7, 11) is 0. The molecule has 1 unspecified atom stereocenters. The quantitative estimate of drug-likeness (QED) is 0.399. The zero-order chi connectivity index (χ0) is 24.6. The number of thioether (sulfide) groups is 1. The lowest BCUT2D eigenvalue weighted by atomic mass is 9.73. The van der Waals surface area contributed by atoms with E-state index >= 15 is 0 Å². The molecule has 0 saturated carbocycles. The van der Waals surface area contributed by atoms with Crippen LogP contribution in [-0.2, 0) is 10.5 Å². The van der Waals surface area contributed by atoms with Crippen LogP contribution in [-0.4, -0.2) is 27.2 Å². The zero-order valence-corrected chi connectivity index (χ0v) is 21.0. The van der Waals surface area contributed by atoms with Gasteiger partial charge in [-0.1, -0.05) is 62.9 Å². The monoisotopic (exact) mass is 492 g/mol. The number of ether oxygens (including phenoxy) is 1. The van der Waals surface area contributed by atoms with Crippen LogP contribution < -0.4 is 10.1 Å². The molecule has 1 atom stereocenters. The van der Waals surface area contributed by atoms with Gasteiger partial charge in [0.05, 0.1) is 6.61 Å². The van der Waals surface area contributed by atoms with Crippen LogP contribution in [0.25, 0.3) is 0 Å². The van der Waals surface area contributed by atoms with Crippen LogP contribution in [0.5, 0.6) is 5.75 Å². The highest BCUT2D eigenvalue weighted by Crippen LogP contribution is 2.45. The third kappa shape index (κ3) is 4.85.